The van der Waals surface area contributed by atoms with Crippen molar-refractivity contribution < 1.29 is 9.84 Å². The number of aromatic nitrogens is 2. The molecule has 1 N–H and O–H groups in total. The molecule has 1 heterocycles. The quantitative estimate of drug-likeness (QED) is 0.468. The van der Waals surface area contributed by atoms with Gasteiger partial charge in [0.2, 0.25) is 0 Å². The van der Waals surface area contributed by atoms with Gasteiger partial charge in [-0.25, -0.2) is 4.98 Å². The Morgan fingerprint density at radius 2 is 1.79 bits per heavy atom. The number of nitrogens with zero attached hydrogens (tertiary/aromatic N) is 2. The molecule has 0 amide bonds. The largest absolute Gasteiger partial charge is 0.489 e. The maximum Gasteiger partial charge on any atom is 0.138 e. The predicted octanol–water partition coefficient (Wildman–Crippen LogP) is 5.03. The number of imidazole rings is 1. The molecule has 0 radical (unpaired) electrons. The molecule has 1 atom stereocenters. The number of benzene rings is 3. The van der Waals surface area contributed by atoms with E-state index >= 15 is 0 Å². The van der Waals surface area contributed by atoms with E-state index in [1.165, 1.54) is 5.56 Å². The number of fused-ring (bicyclic) bond motifs is 1. The van der Waals surface area contributed by atoms with Crippen LogP contribution < -0.4 is 4.74 Å². The Kier molecular flexibility index (Phi) is 5.84. The molecule has 0 fully saturated rings. The highest BCUT2D eigenvalue weighted by Gasteiger charge is 2.15. The first kappa shape index (κ1) is 19.5. The standard InChI is InChI=1S/C24H23ClN2O2/c1-17-11-12-20(25)23(13-17)29-16-19(28)15-27-22-10-6-5-9-21(22)26-24(27)14-18-7-3-2-4-8-18/h2-13,19,28H,14-16H2,1H3. The monoisotopic (exact) mass is 406 g/mol. The lowest BCUT2D eigenvalue weighted by Gasteiger charge is -2.16. The van der Waals surface area contributed by atoms with Crippen LogP contribution in [0, 0.1) is 6.92 Å². The lowest BCUT2D eigenvalue weighted by molar-refractivity contribution is 0.0928. The molecule has 0 aliphatic carbocycles. The first-order chi connectivity index (χ1) is 14.1. The number of halogens is 1. The zero-order valence-corrected chi connectivity index (χ0v) is 17.0. The Balaban J connectivity index is 1.54. The third-order valence-corrected chi connectivity index (χ3v) is 5.16. The number of aryl methyl sites for hydroxylation is 1. The minimum Gasteiger partial charge on any atom is -0.489 e. The summed E-state index contributed by atoms with van der Waals surface area (Å²) in [5.74, 6) is 1.51. The Morgan fingerprint density at radius 3 is 2.62 bits per heavy atom. The van der Waals surface area contributed by atoms with Crippen molar-refractivity contribution in [2.24, 2.45) is 0 Å². The molecule has 0 bridgehead atoms. The maximum absolute atomic E-state index is 10.7. The lowest BCUT2D eigenvalue weighted by Crippen LogP contribution is -2.24. The summed E-state index contributed by atoms with van der Waals surface area (Å²) in [6, 6.07) is 23.8. The summed E-state index contributed by atoms with van der Waals surface area (Å²) in [5.41, 5.74) is 4.17. The van der Waals surface area contributed by atoms with Crippen LogP contribution in [0.4, 0.5) is 0 Å². The number of para-hydroxylation sites is 2. The van der Waals surface area contributed by atoms with Crippen LogP contribution in [0.1, 0.15) is 17.0 Å². The van der Waals surface area contributed by atoms with Crippen LogP contribution in [-0.4, -0.2) is 27.4 Å². The lowest BCUT2D eigenvalue weighted by atomic mass is 10.1. The minimum atomic E-state index is -0.696. The molecular formula is C24H23ClN2O2. The van der Waals surface area contributed by atoms with Crippen molar-refractivity contribution in [3.63, 3.8) is 0 Å². The highest BCUT2D eigenvalue weighted by atomic mass is 35.5. The van der Waals surface area contributed by atoms with E-state index in [0.717, 1.165) is 22.4 Å². The van der Waals surface area contributed by atoms with E-state index in [2.05, 4.69) is 16.7 Å². The average Bonchev–Trinajstić information content (AvgIpc) is 3.06. The molecule has 3 aromatic carbocycles. The van der Waals surface area contributed by atoms with E-state index in [9.17, 15) is 5.11 Å². The topological polar surface area (TPSA) is 47.3 Å². The van der Waals surface area contributed by atoms with Crippen LogP contribution in [-0.2, 0) is 13.0 Å². The van der Waals surface area contributed by atoms with Crippen LogP contribution in [0.3, 0.4) is 0 Å². The summed E-state index contributed by atoms with van der Waals surface area (Å²) in [7, 11) is 0. The van der Waals surface area contributed by atoms with Gasteiger partial charge in [-0.05, 0) is 42.3 Å². The fourth-order valence-corrected chi connectivity index (χ4v) is 3.59. The van der Waals surface area contributed by atoms with Gasteiger partial charge in [-0.15, -0.1) is 0 Å². The van der Waals surface area contributed by atoms with Crippen LogP contribution in [0.25, 0.3) is 11.0 Å². The molecule has 0 saturated heterocycles. The molecular weight excluding hydrogens is 384 g/mol. The van der Waals surface area contributed by atoms with E-state index in [1.54, 1.807) is 6.07 Å². The normalized spacial score (nSPS) is 12.2. The average molecular weight is 407 g/mol. The predicted molar refractivity (Wildman–Crippen MR) is 117 cm³/mol. The van der Waals surface area contributed by atoms with E-state index < -0.39 is 6.10 Å². The minimum absolute atomic E-state index is 0.153. The van der Waals surface area contributed by atoms with Crippen LogP contribution in [0.2, 0.25) is 5.02 Å². The summed E-state index contributed by atoms with van der Waals surface area (Å²) >= 11 is 6.19. The van der Waals surface area contributed by atoms with Crippen molar-refractivity contribution >= 4 is 22.6 Å². The highest BCUT2D eigenvalue weighted by Crippen LogP contribution is 2.25. The summed E-state index contributed by atoms with van der Waals surface area (Å²) in [5, 5.41) is 11.2. The van der Waals surface area contributed by atoms with Gasteiger partial charge in [0.15, 0.2) is 0 Å². The van der Waals surface area contributed by atoms with Crippen molar-refractivity contribution in [2.75, 3.05) is 6.61 Å². The fraction of sp³-hybridized carbons (Fsp3) is 0.208. The van der Waals surface area contributed by atoms with Gasteiger partial charge < -0.3 is 14.4 Å². The van der Waals surface area contributed by atoms with Crippen molar-refractivity contribution in [1.29, 1.82) is 0 Å². The number of ether oxygens (including phenoxy) is 1. The first-order valence-corrected chi connectivity index (χ1v) is 10.0. The summed E-state index contributed by atoms with van der Waals surface area (Å²) in [4.78, 5) is 4.79. The van der Waals surface area contributed by atoms with Crippen molar-refractivity contribution in [1.82, 2.24) is 9.55 Å². The Bertz CT molecular complexity index is 1110. The number of aliphatic hydroxyl groups excluding tert-OH is 1. The molecule has 4 nitrogen and oxygen atoms in total. The first-order valence-electron chi connectivity index (χ1n) is 9.65. The van der Waals surface area contributed by atoms with Crippen LogP contribution >= 0.6 is 11.6 Å². The third-order valence-electron chi connectivity index (χ3n) is 4.85. The number of rotatable bonds is 7. The number of aliphatic hydroxyl groups is 1. The summed E-state index contributed by atoms with van der Waals surface area (Å²) in [6.45, 7) is 2.53. The van der Waals surface area contributed by atoms with Gasteiger partial charge in [0.25, 0.3) is 0 Å². The van der Waals surface area contributed by atoms with E-state index in [-0.39, 0.29) is 6.61 Å². The SMILES string of the molecule is Cc1ccc(Cl)c(OCC(O)Cn2c(Cc3ccccc3)nc3ccccc32)c1. The van der Waals surface area contributed by atoms with E-state index in [4.69, 9.17) is 21.3 Å². The van der Waals surface area contributed by atoms with Gasteiger partial charge in [0, 0.05) is 6.42 Å². The molecule has 4 aromatic rings. The zero-order chi connectivity index (χ0) is 20.2. The number of hydrogen-bond acceptors (Lipinski definition) is 3. The zero-order valence-electron chi connectivity index (χ0n) is 16.3. The van der Waals surface area contributed by atoms with Gasteiger partial charge in [-0.3, -0.25) is 0 Å². The molecule has 0 saturated carbocycles. The second-order valence-electron chi connectivity index (χ2n) is 7.19. The second kappa shape index (κ2) is 8.68. The molecule has 1 unspecified atom stereocenters. The molecule has 1 aromatic heterocycles. The molecule has 4 rings (SSSR count). The highest BCUT2D eigenvalue weighted by molar-refractivity contribution is 6.32. The van der Waals surface area contributed by atoms with Crippen molar-refractivity contribution in [2.45, 2.75) is 26.0 Å². The summed E-state index contributed by atoms with van der Waals surface area (Å²) in [6.07, 6.45) is 0.00556. The Labute approximate surface area is 175 Å². The second-order valence-corrected chi connectivity index (χ2v) is 7.60. The van der Waals surface area contributed by atoms with E-state index in [0.29, 0.717) is 23.7 Å². The molecule has 0 aliphatic heterocycles. The van der Waals surface area contributed by atoms with Gasteiger partial charge in [0.05, 0.1) is 22.6 Å². The van der Waals surface area contributed by atoms with Gasteiger partial charge in [-0.1, -0.05) is 60.1 Å². The van der Waals surface area contributed by atoms with Crippen LogP contribution in [0.5, 0.6) is 5.75 Å². The smallest absolute Gasteiger partial charge is 0.138 e. The molecule has 5 heteroatoms. The van der Waals surface area contributed by atoms with Gasteiger partial charge >= 0.3 is 0 Å². The Hall–Kier alpha value is -2.82. The molecule has 0 spiro atoms. The van der Waals surface area contributed by atoms with Gasteiger partial charge in [0.1, 0.15) is 24.3 Å². The molecule has 29 heavy (non-hydrogen) atoms. The van der Waals surface area contributed by atoms with Crippen molar-refractivity contribution in [3.05, 3.63) is 94.8 Å². The number of hydrogen-bond donors (Lipinski definition) is 1. The Morgan fingerprint density at radius 1 is 1.03 bits per heavy atom. The van der Waals surface area contributed by atoms with Crippen molar-refractivity contribution in [3.8, 4) is 5.75 Å². The molecule has 0 aliphatic rings. The van der Waals surface area contributed by atoms with Gasteiger partial charge in [-0.2, -0.15) is 0 Å². The van der Waals surface area contributed by atoms with Crippen LogP contribution in [0.15, 0.2) is 72.8 Å². The van der Waals surface area contributed by atoms with E-state index in [1.807, 2.05) is 61.5 Å². The maximum atomic E-state index is 10.7. The third kappa shape index (κ3) is 4.61. The summed E-state index contributed by atoms with van der Waals surface area (Å²) < 4.78 is 7.86. The molecule has 148 valence electrons. The fourth-order valence-electron chi connectivity index (χ4n) is 3.41.